The number of hydrogen-bond acceptors (Lipinski definition) is 3. The minimum Gasteiger partial charge on any atom is -0.466 e. The van der Waals surface area contributed by atoms with Gasteiger partial charge in [-0.15, -0.1) is 0 Å². The first-order chi connectivity index (χ1) is 10.00. The van der Waals surface area contributed by atoms with Gasteiger partial charge in [0.25, 0.3) is 16.3 Å². The van der Waals surface area contributed by atoms with E-state index in [1.54, 1.807) is 11.8 Å². The van der Waals surface area contributed by atoms with E-state index in [1.165, 1.54) is 24.3 Å². The average molecular weight is 307 g/mol. The molecule has 1 aromatic rings. The number of nitrogens with zero attached hydrogens (tertiary/aromatic N) is 1. The van der Waals surface area contributed by atoms with Gasteiger partial charge in [-0.3, -0.25) is 9.59 Å². The molecule has 1 saturated heterocycles. The fourth-order valence-corrected chi connectivity index (χ4v) is 3.42. The van der Waals surface area contributed by atoms with Crippen molar-refractivity contribution in [2.75, 3.05) is 19.7 Å². The molecule has 1 amide bonds. The predicted octanol–water partition coefficient (Wildman–Crippen LogP) is 0.840. The number of carbonyl (C=O) groups is 2. The third-order valence-corrected chi connectivity index (χ3v) is 5.34. The van der Waals surface area contributed by atoms with Crippen LogP contribution in [0.5, 0.6) is 0 Å². The predicted molar refractivity (Wildman–Crippen MR) is 79.1 cm³/mol. The maximum Gasteiger partial charge on any atom is 0.310 e. The molecule has 112 valence electrons. The Kier molecular flexibility index (Phi) is 5.02. The molecule has 1 aliphatic rings. The quantitative estimate of drug-likeness (QED) is 0.470. The molecule has 6 heteroatoms. The van der Waals surface area contributed by atoms with E-state index in [9.17, 15) is 14.0 Å². The number of esters is 1. The van der Waals surface area contributed by atoms with E-state index < -0.39 is 10.2 Å². The largest absolute Gasteiger partial charge is 0.466 e. The van der Waals surface area contributed by atoms with Crippen LogP contribution in [0, 0.1) is 5.82 Å². The lowest BCUT2D eigenvalue weighted by atomic mass is 9.95. The fourth-order valence-electron chi connectivity index (χ4n) is 2.62. The van der Waals surface area contributed by atoms with Crippen molar-refractivity contribution in [2.24, 2.45) is 0 Å². The van der Waals surface area contributed by atoms with Crippen LogP contribution in [0.2, 0.25) is 0 Å². The summed E-state index contributed by atoms with van der Waals surface area (Å²) in [5.41, 5.74) is 0.519. The molecule has 0 saturated carbocycles. The van der Waals surface area contributed by atoms with Crippen molar-refractivity contribution in [3.63, 3.8) is 0 Å². The molecule has 2 rings (SSSR count). The third kappa shape index (κ3) is 3.12. The molecule has 4 nitrogen and oxygen atoms in total. The van der Waals surface area contributed by atoms with E-state index >= 15 is 0 Å². The van der Waals surface area contributed by atoms with Gasteiger partial charge in [0.2, 0.25) is 5.91 Å². The van der Waals surface area contributed by atoms with Crippen LogP contribution in [0.25, 0.3) is 0 Å². The zero-order chi connectivity index (χ0) is 15.5. The van der Waals surface area contributed by atoms with Gasteiger partial charge in [-0.2, -0.15) is 0 Å². The SMILES string of the molecule is CCOC(=O)[C]([AlH2])(C(=O)N1CCCC1)c1ccc(F)cc1. The second-order valence-corrected chi connectivity index (χ2v) is 6.85. The van der Waals surface area contributed by atoms with E-state index in [1.807, 2.05) is 0 Å². The van der Waals surface area contributed by atoms with Gasteiger partial charge >= 0.3 is 5.97 Å². The van der Waals surface area contributed by atoms with E-state index in [0.29, 0.717) is 18.7 Å². The van der Waals surface area contributed by atoms with Crippen molar-refractivity contribution in [2.45, 2.75) is 24.0 Å². The van der Waals surface area contributed by atoms with Crippen LogP contribution >= 0.6 is 0 Å². The van der Waals surface area contributed by atoms with Crippen molar-refractivity contribution < 1.29 is 18.7 Å². The summed E-state index contributed by atoms with van der Waals surface area (Å²) in [7, 11) is 0. The van der Waals surface area contributed by atoms with Gasteiger partial charge in [-0.25, -0.2) is 4.39 Å². The number of carbonyl (C=O) groups excluding carboxylic acids is 2. The maximum absolute atomic E-state index is 13.1. The second kappa shape index (κ2) is 6.59. The number of halogens is 1. The molecule has 1 unspecified atom stereocenters. The number of benzene rings is 1. The lowest BCUT2D eigenvalue weighted by molar-refractivity contribution is -0.153. The molecule has 0 bridgehead atoms. The number of rotatable bonds is 4. The summed E-state index contributed by atoms with van der Waals surface area (Å²) < 4.78 is 17.0. The molecule has 1 aromatic carbocycles. The molecule has 0 aliphatic carbocycles. The molecular weight excluding hydrogens is 288 g/mol. The Balaban J connectivity index is 2.40. The monoisotopic (exact) mass is 307 g/mol. The summed E-state index contributed by atoms with van der Waals surface area (Å²) in [6.07, 6.45) is 1.91. The summed E-state index contributed by atoms with van der Waals surface area (Å²) in [6.45, 7) is 3.27. The van der Waals surface area contributed by atoms with E-state index in [-0.39, 0.29) is 34.6 Å². The highest BCUT2D eigenvalue weighted by Crippen LogP contribution is 2.27. The summed E-state index contributed by atoms with van der Waals surface area (Å²) in [5, 5.41) is 0. The van der Waals surface area contributed by atoms with E-state index in [2.05, 4.69) is 0 Å². The van der Waals surface area contributed by atoms with Gasteiger partial charge in [0.15, 0.2) is 0 Å². The molecule has 1 fully saturated rings. The Hall–Kier alpha value is -1.38. The van der Waals surface area contributed by atoms with Crippen molar-refractivity contribution in [3.05, 3.63) is 35.6 Å². The summed E-state index contributed by atoms with van der Waals surface area (Å²) in [5.74, 6) is -1.13. The second-order valence-electron chi connectivity index (χ2n) is 5.35. The van der Waals surface area contributed by atoms with E-state index in [4.69, 9.17) is 4.74 Å². The molecule has 21 heavy (non-hydrogen) atoms. The molecule has 0 radical (unpaired) electrons. The Morgan fingerprint density at radius 1 is 1.29 bits per heavy atom. The summed E-state index contributed by atoms with van der Waals surface area (Å²) >= 11 is 0.282. The molecule has 0 N–H and O–H groups in total. The van der Waals surface area contributed by atoms with Crippen LogP contribution < -0.4 is 0 Å². The van der Waals surface area contributed by atoms with E-state index in [0.717, 1.165) is 12.8 Å². The molecule has 1 heterocycles. The number of ether oxygens (including phenoxy) is 1. The molecule has 0 spiro atoms. The Morgan fingerprint density at radius 2 is 1.86 bits per heavy atom. The zero-order valence-electron chi connectivity index (χ0n) is 12.4. The molecule has 0 aromatic heterocycles. The average Bonchev–Trinajstić information content (AvgIpc) is 3.00. The smallest absolute Gasteiger partial charge is 0.310 e. The van der Waals surface area contributed by atoms with Gasteiger partial charge in [0.05, 0.1) is 6.61 Å². The van der Waals surface area contributed by atoms with Crippen LogP contribution in [0.3, 0.4) is 0 Å². The van der Waals surface area contributed by atoms with Gasteiger partial charge in [0.1, 0.15) is 10.1 Å². The topological polar surface area (TPSA) is 46.6 Å². The highest BCUT2D eigenvalue weighted by Gasteiger charge is 2.46. The first-order valence-electron chi connectivity index (χ1n) is 7.22. The Morgan fingerprint density at radius 3 is 2.38 bits per heavy atom. The first-order valence-corrected chi connectivity index (χ1v) is 8.22. The first kappa shape index (κ1) is 16.0. The zero-order valence-corrected chi connectivity index (χ0v) is 14.4. The lowest BCUT2D eigenvalue weighted by Crippen LogP contribution is -2.52. The molecule has 1 atom stereocenters. The molecule has 1 aliphatic heterocycles. The normalized spacial score (nSPS) is 17.3. The minimum absolute atomic E-state index is 0.211. The molecular formula is C15H19AlFNO3. The van der Waals surface area contributed by atoms with Crippen molar-refractivity contribution >= 4 is 28.2 Å². The standard InChI is InChI=1S/C15H17FNO3.Al.2H/c1-2-20-15(19)13(11-5-7-12(16)8-6-11)14(18)17-9-3-4-10-17;;;/h5-8H,2-4,9-10H2,1H3;;;. The van der Waals surface area contributed by atoms with Gasteiger partial charge in [-0.1, -0.05) is 12.1 Å². The van der Waals surface area contributed by atoms with Gasteiger partial charge in [-0.05, 0) is 37.5 Å². The number of amides is 1. The Bertz CT molecular complexity index is 528. The summed E-state index contributed by atoms with van der Waals surface area (Å²) in [4.78, 5) is 27.0. The third-order valence-electron chi connectivity index (χ3n) is 3.93. The maximum atomic E-state index is 13.1. The summed E-state index contributed by atoms with van der Waals surface area (Å²) in [6, 6.07) is 5.57. The van der Waals surface area contributed by atoms with Crippen LogP contribution in [-0.2, 0) is 18.6 Å². The van der Waals surface area contributed by atoms with Crippen molar-refractivity contribution in [1.29, 1.82) is 0 Å². The van der Waals surface area contributed by atoms with Crippen LogP contribution in [0.1, 0.15) is 25.3 Å². The highest BCUT2D eigenvalue weighted by atomic mass is 27.0. The minimum atomic E-state index is -1.28. The Labute approximate surface area is 131 Å². The number of hydrogen-bond donors (Lipinski definition) is 0. The van der Waals surface area contributed by atoms with Crippen LogP contribution in [0.4, 0.5) is 4.39 Å². The van der Waals surface area contributed by atoms with Crippen LogP contribution in [-0.4, -0.2) is 52.8 Å². The van der Waals surface area contributed by atoms with Crippen molar-refractivity contribution in [1.82, 2.24) is 4.90 Å². The van der Waals surface area contributed by atoms with Crippen LogP contribution in [0.15, 0.2) is 24.3 Å². The highest BCUT2D eigenvalue weighted by molar-refractivity contribution is 6.40. The van der Waals surface area contributed by atoms with Gasteiger partial charge < -0.3 is 9.64 Å². The van der Waals surface area contributed by atoms with Gasteiger partial charge in [0, 0.05) is 13.1 Å². The van der Waals surface area contributed by atoms with Crippen molar-refractivity contribution in [3.8, 4) is 0 Å². The number of likely N-dealkylation sites (tertiary alicyclic amines) is 1. The fraction of sp³-hybridized carbons (Fsp3) is 0.467. The lowest BCUT2D eigenvalue weighted by Gasteiger charge is -2.31.